The van der Waals surface area contributed by atoms with E-state index in [0.29, 0.717) is 10.8 Å². The summed E-state index contributed by atoms with van der Waals surface area (Å²) in [7, 11) is 0. The smallest absolute Gasteiger partial charge is 0.293 e. The summed E-state index contributed by atoms with van der Waals surface area (Å²) < 4.78 is 6.79. The number of amides is 1. The monoisotopic (exact) mass is 510 g/mol. The number of carbonyl (C=O) groups is 1. The quantitative estimate of drug-likeness (QED) is 0.339. The molecule has 0 radical (unpaired) electrons. The van der Waals surface area contributed by atoms with Crippen LogP contribution in [0, 0.1) is 3.57 Å². The van der Waals surface area contributed by atoms with Gasteiger partial charge in [0.25, 0.3) is 5.91 Å². The van der Waals surface area contributed by atoms with Crippen molar-refractivity contribution in [2.45, 2.75) is 13.3 Å². The number of nitrogens with one attached hydrogen (secondary N) is 2. The maximum Gasteiger partial charge on any atom is 0.293 e. The Kier molecular flexibility index (Phi) is 6.51. The van der Waals surface area contributed by atoms with Gasteiger partial charge in [0.2, 0.25) is 0 Å². The zero-order valence-corrected chi connectivity index (χ0v) is 18.1. The Balaban J connectivity index is 1.68. The van der Waals surface area contributed by atoms with Gasteiger partial charge in [-0.05, 0) is 89.3 Å². The van der Waals surface area contributed by atoms with Gasteiger partial charge in [0.15, 0.2) is 10.9 Å². The Morgan fingerprint density at radius 1 is 1.19 bits per heavy atom. The number of halogens is 2. The average molecular weight is 511 g/mol. The Bertz CT molecular complexity index is 1000. The van der Waals surface area contributed by atoms with Crippen LogP contribution in [0.4, 0.5) is 5.69 Å². The predicted octanol–water partition coefficient (Wildman–Crippen LogP) is 5.89. The maximum atomic E-state index is 12.4. The molecule has 1 aromatic heterocycles. The largest absolute Gasteiger partial charge is 0.451 e. The fraction of sp³-hybridized carbons (Fsp3) is 0.100. The first-order chi connectivity index (χ1) is 13.0. The Morgan fingerprint density at radius 3 is 2.74 bits per heavy atom. The minimum Gasteiger partial charge on any atom is -0.451 e. The van der Waals surface area contributed by atoms with Crippen molar-refractivity contribution in [2.24, 2.45) is 0 Å². The van der Waals surface area contributed by atoms with Gasteiger partial charge in [-0.1, -0.05) is 30.7 Å². The molecule has 0 spiro atoms. The zero-order valence-electron chi connectivity index (χ0n) is 14.4. The first-order valence-electron chi connectivity index (χ1n) is 8.23. The van der Waals surface area contributed by atoms with Crippen molar-refractivity contribution < 1.29 is 9.21 Å². The molecular formula is C20H16ClIN2O2S. The summed E-state index contributed by atoms with van der Waals surface area (Å²) in [5.74, 6) is 0.323. The third-order valence-electron chi connectivity index (χ3n) is 3.86. The number of aryl methyl sites for hydroxylation is 1. The highest BCUT2D eigenvalue weighted by Crippen LogP contribution is 2.25. The number of hydrogen-bond acceptors (Lipinski definition) is 3. The van der Waals surface area contributed by atoms with Crippen LogP contribution in [0.25, 0.3) is 11.3 Å². The van der Waals surface area contributed by atoms with Crippen LogP contribution in [0.2, 0.25) is 5.02 Å². The predicted molar refractivity (Wildman–Crippen MR) is 121 cm³/mol. The number of anilines is 1. The third-order valence-corrected chi connectivity index (χ3v) is 4.97. The van der Waals surface area contributed by atoms with E-state index in [1.165, 1.54) is 0 Å². The van der Waals surface area contributed by atoms with Crippen LogP contribution in [0.15, 0.2) is 59.0 Å². The molecule has 2 aromatic carbocycles. The topological polar surface area (TPSA) is 54.3 Å². The molecule has 0 aliphatic rings. The lowest BCUT2D eigenvalue weighted by Crippen LogP contribution is -2.34. The molecule has 0 aliphatic carbocycles. The highest BCUT2D eigenvalue weighted by Gasteiger charge is 2.14. The Hall–Kier alpha value is -1.90. The summed E-state index contributed by atoms with van der Waals surface area (Å²) in [6.45, 7) is 2.07. The minimum absolute atomic E-state index is 0.174. The van der Waals surface area contributed by atoms with E-state index in [2.05, 4.69) is 46.2 Å². The molecule has 0 fully saturated rings. The van der Waals surface area contributed by atoms with Crippen molar-refractivity contribution in [3.8, 4) is 11.3 Å². The van der Waals surface area contributed by atoms with E-state index >= 15 is 0 Å². The van der Waals surface area contributed by atoms with Crippen LogP contribution in [0.3, 0.4) is 0 Å². The molecular weight excluding hydrogens is 495 g/mol. The molecule has 4 nitrogen and oxygen atoms in total. The van der Waals surface area contributed by atoms with Gasteiger partial charge in [-0.15, -0.1) is 0 Å². The normalized spacial score (nSPS) is 10.5. The summed E-state index contributed by atoms with van der Waals surface area (Å²) in [6.07, 6.45) is 0.858. The molecule has 0 atom stereocenters. The average Bonchev–Trinajstić information content (AvgIpc) is 3.13. The van der Waals surface area contributed by atoms with E-state index in [0.717, 1.165) is 26.8 Å². The molecule has 1 amide bonds. The number of hydrogen-bond donors (Lipinski definition) is 2. The van der Waals surface area contributed by atoms with Crippen LogP contribution in [0.1, 0.15) is 23.0 Å². The van der Waals surface area contributed by atoms with Crippen LogP contribution in [-0.4, -0.2) is 11.0 Å². The van der Waals surface area contributed by atoms with Crippen molar-refractivity contribution in [2.75, 3.05) is 5.32 Å². The van der Waals surface area contributed by atoms with E-state index in [1.807, 2.05) is 24.3 Å². The van der Waals surface area contributed by atoms with Gasteiger partial charge in [-0.3, -0.25) is 10.1 Å². The lowest BCUT2D eigenvalue weighted by atomic mass is 10.1. The van der Waals surface area contributed by atoms with Gasteiger partial charge >= 0.3 is 0 Å². The van der Waals surface area contributed by atoms with Crippen LogP contribution < -0.4 is 10.6 Å². The van der Waals surface area contributed by atoms with Gasteiger partial charge in [0.05, 0.1) is 0 Å². The molecule has 2 N–H and O–H groups in total. The van der Waals surface area contributed by atoms with Crippen molar-refractivity contribution in [1.82, 2.24) is 5.32 Å². The first-order valence-corrected chi connectivity index (χ1v) is 10.1. The molecule has 138 valence electrons. The number of benzene rings is 2. The molecule has 27 heavy (non-hydrogen) atoms. The SMILES string of the molecule is CCc1cc(I)ccc1NC(=S)NC(=O)c1ccc(-c2cccc(Cl)c2)o1. The fourth-order valence-electron chi connectivity index (χ4n) is 2.55. The molecule has 0 saturated heterocycles. The third kappa shape index (κ3) is 5.09. The summed E-state index contributed by atoms with van der Waals surface area (Å²) in [5, 5.41) is 6.54. The van der Waals surface area contributed by atoms with Gasteiger partial charge in [0, 0.05) is 19.8 Å². The lowest BCUT2D eigenvalue weighted by Gasteiger charge is -2.12. The summed E-state index contributed by atoms with van der Waals surface area (Å²) in [5.41, 5.74) is 2.80. The molecule has 3 aromatic rings. The van der Waals surface area contributed by atoms with Gasteiger partial charge < -0.3 is 9.73 Å². The second-order valence-electron chi connectivity index (χ2n) is 5.74. The molecule has 0 bridgehead atoms. The molecule has 0 unspecified atom stereocenters. The standard InChI is InChI=1S/C20H16ClIN2O2S/c1-2-12-11-15(22)6-7-16(12)23-20(27)24-19(25)18-9-8-17(26-18)13-4-3-5-14(21)10-13/h3-11H,2H2,1H3,(H2,23,24,25,27). The van der Waals surface area contributed by atoms with Crippen LogP contribution in [-0.2, 0) is 6.42 Å². The molecule has 1 heterocycles. The number of rotatable bonds is 4. The van der Waals surface area contributed by atoms with Crippen LogP contribution >= 0.6 is 46.4 Å². The lowest BCUT2D eigenvalue weighted by molar-refractivity contribution is 0.0951. The zero-order chi connectivity index (χ0) is 19.4. The second-order valence-corrected chi connectivity index (χ2v) is 7.83. The molecule has 0 aliphatic heterocycles. The van der Waals surface area contributed by atoms with E-state index < -0.39 is 5.91 Å². The second kappa shape index (κ2) is 8.86. The van der Waals surface area contributed by atoms with Gasteiger partial charge in [0.1, 0.15) is 5.76 Å². The summed E-state index contributed by atoms with van der Waals surface area (Å²) in [6, 6.07) is 16.6. The van der Waals surface area contributed by atoms with E-state index in [4.69, 9.17) is 28.2 Å². The molecule has 3 rings (SSSR count). The van der Waals surface area contributed by atoms with Crippen molar-refractivity contribution in [3.05, 3.63) is 74.5 Å². The van der Waals surface area contributed by atoms with E-state index in [1.54, 1.807) is 24.3 Å². The Labute approximate surface area is 181 Å². The highest BCUT2D eigenvalue weighted by atomic mass is 127. The maximum absolute atomic E-state index is 12.4. The van der Waals surface area contributed by atoms with Gasteiger partial charge in [-0.2, -0.15) is 0 Å². The van der Waals surface area contributed by atoms with E-state index in [-0.39, 0.29) is 10.9 Å². The highest BCUT2D eigenvalue weighted by molar-refractivity contribution is 14.1. The summed E-state index contributed by atoms with van der Waals surface area (Å²) >= 11 is 13.5. The van der Waals surface area contributed by atoms with Crippen molar-refractivity contribution in [3.63, 3.8) is 0 Å². The first kappa shape index (κ1) is 19.9. The van der Waals surface area contributed by atoms with Gasteiger partial charge in [-0.25, -0.2) is 0 Å². The number of furan rings is 1. The van der Waals surface area contributed by atoms with Crippen molar-refractivity contribution >= 4 is 63.1 Å². The number of carbonyl (C=O) groups excluding carboxylic acids is 1. The summed E-state index contributed by atoms with van der Waals surface area (Å²) in [4.78, 5) is 12.4. The number of thiocarbonyl (C=S) groups is 1. The molecule has 7 heteroatoms. The van der Waals surface area contributed by atoms with Crippen molar-refractivity contribution in [1.29, 1.82) is 0 Å². The Morgan fingerprint density at radius 2 is 2.00 bits per heavy atom. The minimum atomic E-state index is -0.413. The molecule has 0 saturated carbocycles. The van der Waals surface area contributed by atoms with E-state index in [9.17, 15) is 4.79 Å². The fourth-order valence-corrected chi connectivity index (χ4v) is 3.50. The van der Waals surface area contributed by atoms with Crippen LogP contribution in [0.5, 0.6) is 0 Å².